The van der Waals surface area contributed by atoms with Gasteiger partial charge in [0.15, 0.2) is 0 Å². The zero-order valence-corrected chi connectivity index (χ0v) is 12.8. The van der Waals surface area contributed by atoms with Gasteiger partial charge in [0.2, 0.25) is 0 Å². The summed E-state index contributed by atoms with van der Waals surface area (Å²) >= 11 is 0. The molecule has 0 radical (unpaired) electrons. The number of esters is 1. The molecule has 0 aromatic rings. The molecule has 114 valence electrons. The predicted molar refractivity (Wildman–Crippen MR) is 77.2 cm³/mol. The SMILES string of the molecule is CC(C)(C)C(=O)OC1C=CCN(C2CCCCC2F)C1. The van der Waals surface area contributed by atoms with Crippen LogP contribution in [0.2, 0.25) is 0 Å². The van der Waals surface area contributed by atoms with Gasteiger partial charge in [-0.1, -0.05) is 18.9 Å². The molecule has 0 N–H and O–H groups in total. The Morgan fingerprint density at radius 3 is 2.65 bits per heavy atom. The van der Waals surface area contributed by atoms with Gasteiger partial charge in [-0.2, -0.15) is 0 Å². The van der Waals surface area contributed by atoms with E-state index in [0.717, 1.165) is 25.8 Å². The Bertz CT molecular complexity index is 375. The molecular formula is C16H26FNO2. The highest BCUT2D eigenvalue weighted by Crippen LogP contribution is 2.27. The minimum Gasteiger partial charge on any atom is -0.456 e. The van der Waals surface area contributed by atoms with Crippen molar-refractivity contribution < 1.29 is 13.9 Å². The Balaban J connectivity index is 1.93. The van der Waals surface area contributed by atoms with E-state index in [4.69, 9.17) is 4.74 Å². The van der Waals surface area contributed by atoms with Crippen molar-refractivity contribution in [3.05, 3.63) is 12.2 Å². The largest absolute Gasteiger partial charge is 0.456 e. The number of carbonyl (C=O) groups is 1. The Hall–Kier alpha value is -0.900. The van der Waals surface area contributed by atoms with Gasteiger partial charge in [-0.25, -0.2) is 4.39 Å². The van der Waals surface area contributed by atoms with Crippen molar-refractivity contribution in [3.63, 3.8) is 0 Å². The van der Waals surface area contributed by atoms with E-state index in [1.807, 2.05) is 32.9 Å². The van der Waals surface area contributed by atoms with Gasteiger partial charge >= 0.3 is 5.97 Å². The molecule has 1 aliphatic heterocycles. The van der Waals surface area contributed by atoms with E-state index in [2.05, 4.69) is 4.90 Å². The van der Waals surface area contributed by atoms with Gasteiger partial charge in [-0.15, -0.1) is 0 Å². The first-order chi connectivity index (χ1) is 9.38. The van der Waals surface area contributed by atoms with Crippen LogP contribution in [-0.4, -0.2) is 42.3 Å². The first-order valence-corrected chi connectivity index (χ1v) is 7.64. The van der Waals surface area contributed by atoms with E-state index < -0.39 is 11.6 Å². The average Bonchev–Trinajstić information content (AvgIpc) is 2.38. The maximum atomic E-state index is 14.0. The second kappa shape index (κ2) is 6.25. The van der Waals surface area contributed by atoms with Crippen molar-refractivity contribution in [2.45, 2.75) is 64.8 Å². The third kappa shape index (κ3) is 3.81. The summed E-state index contributed by atoms with van der Waals surface area (Å²) in [4.78, 5) is 14.1. The van der Waals surface area contributed by atoms with Gasteiger partial charge in [-0.3, -0.25) is 9.69 Å². The second-order valence-corrected chi connectivity index (χ2v) is 6.94. The van der Waals surface area contributed by atoms with E-state index in [1.165, 1.54) is 0 Å². The molecule has 2 aliphatic rings. The highest BCUT2D eigenvalue weighted by Gasteiger charge is 2.33. The van der Waals surface area contributed by atoms with E-state index in [9.17, 15) is 9.18 Å². The fourth-order valence-electron chi connectivity index (χ4n) is 2.85. The van der Waals surface area contributed by atoms with Crippen LogP contribution in [-0.2, 0) is 9.53 Å². The Morgan fingerprint density at radius 1 is 1.30 bits per heavy atom. The van der Waals surface area contributed by atoms with Crippen LogP contribution >= 0.6 is 0 Å². The van der Waals surface area contributed by atoms with Crippen LogP contribution in [0.15, 0.2) is 12.2 Å². The lowest BCUT2D eigenvalue weighted by Gasteiger charge is -2.39. The summed E-state index contributed by atoms with van der Waals surface area (Å²) in [6.45, 7) is 6.91. The lowest BCUT2D eigenvalue weighted by molar-refractivity contribution is -0.157. The van der Waals surface area contributed by atoms with Crippen molar-refractivity contribution in [2.75, 3.05) is 13.1 Å². The maximum absolute atomic E-state index is 14.0. The summed E-state index contributed by atoms with van der Waals surface area (Å²) in [5.74, 6) is -0.200. The summed E-state index contributed by atoms with van der Waals surface area (Å²) in [5.41, 5.74) is -0.496. The lowest BCUT2D eigenvalue weighted by atomic mass is 9.91. The summed E-state index contributed by atoms with van der Waals surface area (Å²) in [5, 5.41) is 0. The van der Waals surface area contributed by atoms with Crippen molar-refractivity contribution in [1.82, 2.24) is 4.90 Å². The number of alkyl halides is 1. The molecule has 20 heavy (non-hydrogen) atoms. The Labute approximate surface area is 121 Å². The zero-order chi connectivity index (χ0) is 14.8. The summed E-state index contributed by atoms with van der Waals surface area (Å²) in [7, 11) is 0. The van der Waals surface area contributed by atoms with Crippen LogP contribution in [0.5, 0.6) is 0 Å². The molecule has 0 spiro atoms. The van der Waals surface area contributed by atoms with Gasteiger partial charge in [0.1, 0.15) is 12.3 Å². The summed E-state index contributed by atoms with van der Waals surface area (Å²) in [6.07, 6.45) is 6.59. The number of rotatable bonds is 2. The van der Waals surface area contributed by atoms with E-state index in [1.54, 1.807) is 0 Å². The van der Waals surface area contributed by atoms with Crippen molar-refractivity contribution in [1.29, 1.82) is 0 Å². The van der Waals surface area contributed by atoms with Crippen LogP contribution in [0, 0.1) is 5.41 Å². The van der Waals surface area contributed by atoms with Gasteiger partial charge in [0.05, 0.1) is 5.41 Å². The molecule has 0 bridgehead atoms. The van der Waals surface area contributed by atoms with Gasteiger partial charge in [-0.05, 0) is 39.7 Å². The van der Waals surface area contributed by atoms with Gasteiger partial charge in [0, 0.05) is 19.1 Å². The number of carbonyl (C=O) groups excluding carboxylic acids is 1. The third-order valence-electron chi connectivity index (χ3n) is 4.09. The number of hydrogen-bond donors (Lipinski definition) is 0. The fraction of sp³-hybridized carbons (Fsp3) is 0.812. The van der Waals surface area contributed by atoms with Gasteiger partial charge in [0.25, 0.3) is 0 Å². The van der Waals surface area contributed by atoms with E-state index in [-0.39, 0.29) is 18.1 Å². The number of nitrogens with zero attached hydrogens (tertiary/aromatic N) is 1. The minimum absolute atomic E-state index is 0.00969. The number of ether oxygens (including phenoxy) is 1. The molecule has 1 saturated carbocycles. The van der Waals surface area contributed by atoms with Crippen molar-refractivity contribution in [2.24, 2.45) is 5.41 Å². The van der Waals surface area contributed by atoms with E-state index >= 15 is 0 Å². The number of hydrogen-bond acceptors (Lipinski definition) is 3. The highest BCUT2D eigenvalue weighted by atomic mass is 19.1. The highest BCUT2D eigenvalue weighted by molar-refractivity contribution is 5.75. The predicted octanol–water partition coefficient (Wildman–Crippen LogP) is 3.10. The lowest BCUT2D eigenvalue weighted by Crippen LogP contribution is -2.49. The third-order valence-corrected chi connectivity index (χ3v) is 4.09. The smallest absolute Gasteiger partial charge is 0.311 e. The quantitative estimate of drug-likeness (QED) is 0.576. The molecule has 0 amide bonds. The first-order valence-electron chi connectivity index (χ1n) is 7.64. The molecule has 0 aromatic carbocycles. The molecule has 2 rings (SSSR count). The number of halogens is 1. The molecule has 1 fully saturated rings. The van der Waals surface area contributed by atoms with Crippen LogP contribution < -0.4 is 0 Å². The molecule has 1 aliphatic carbocycles. The standard InChI is InChI=1S/C16H26FNO2/c1-16(2,3)15(19)20-12-7-6-10-18(11-12)14-9-5-4-8-13(14)17/h6-7,12-14H,4-5,8-11H2,1-3H3. The van der Waals surface area contributed by atoms with Crippen molar-refractivity contribution in [3.8, 4) is 0 Å². The second-order valence-electron chi connectivity index (χ2n) is 6.94. The Kier molecular flexibility index (Phi) is 4.84. The normalized spacial score (nSPS) is 32.1. The molecule has 1 heterocycles. The fourth-order valence-corrected chi connectivity index (χ4v) is 2.85. The minimum atomic E-state index is -0.741. The van der Waals surface area contributed by atoms with Crippen LogP contribution in [0.3, 0.4) is 0 Å². The summed E-state index contributed by atoms with van der Waals surface area (Å²) < 4.78 is 19.6. The molecule has 3 unspecified atom stereocenters. The van der Waals surface area contributed by atoms with Crippen LogP contribution in [0.1, 0.15) is 46.5 Å². The molecule has 0 saturated heterocycles. The summed E-state index contributed by atoms with van der Waals surface area (Å²) in [6, 6.07) is -0.00969. The Morgan fingerprint density at radius 2 is 2.00 bits per heavy atom. The zero-order valence-electron chi connectivity index (χ0n) is 12.8. The van der Waals surface area contributed by atoms with Crippen molar-refractivity contribution >= 4 is 5.97 Å². The maximum Gasteiger partial charge on any atom is 0.311 e. The molecule has 4 heteroatoms. The van der Waals surface area contributed by atoms with E-state index in [0.29, 0.717) is 13.0 Å². The van der Waals surface area contributed by atoms with Crippen LogP contribution in [0.25, 0.3) is 0 Å². The topological polar surface area (TPSA) is 29.5 Å². The first kappa shape index (κ1) is 15.5. The molecule has 3 nitrogen and oxygen atoms in total. The molecular weight excluding hydrogens is 257 g/mol. The monoisotopic (exact) mass is 283 g/mol. The molecule has 0 aromatic heterocycles. The molecule has 3 atom stereocenters. The van der Waals surface area contributed by atoms with Crippen LogP contribution in [0.4, 0.5) is 4.39 Å². The van der Waals surface area contributed by atoms with Gasteiger partial charge < -0.3 is 4.74 Å². The average molecular weight is 283 g/mol.